The minimum Gasteiger partial charge on any atom is -0.462 e. The summed E-state index contributed by atoms with van der Waals surface area (Å²) in [5.41, 5.74) is 0. The maximum absolute atomic E-state index is 12.8. The number of ether oxygens (including phenoxy) is 3. The summed E-state index contributed by atoms with van der Waals surface area (Å²) in [6.45, 7) is 6.43. The Morgan fingerprint density at radius 2 is 0.677 bits per heavy atom. The maximum atomic E-state index is 12.8. The van der Waals surface area contributed by atoms with Crippen molar-refractivity contribution in [2.24, 2.45) is 0 Å². The molecule has 0 rings (SSSR count). The highest BCUT2D eigenvalue weighted by molar-refractivity contribution is 5.71. The topological polar surface area (TPSA) is 78.9 Å². The molecular weight excluding hydrogens is 805 g/mol. The van der Waals surface area contributed by atoms with E-state index in [1.54, 1.807) is 0 Å². The van der Waals surface area contributed by atoms with E-state index >= 15 is 0 Å². The monoisotopic (exact) mass is 905 g/mol. The first-order valence-electron chi connectivity index (χ1n) is 27.1. The zero-order valence-corrected chi connectivity index (χ0v) is 42.5. The van der Waals surface area contributed by atoms with Crippen LogP contribution in [0.4, 0.5) is 0 Å². The summed E-state index contributed by atoms with van der Waals surface area (Å²) >= 11 is 0. The van der Waals surface area contributed by atoms with E-state index in [-0.39, 0.29) is 37.5 Å². The molecular formula is C59H100O6. The molecule has 0 aliphatic heterocycles. The molecule has 1 atom stereocenters. The Morgan fingerprint density at radius 3 is 1.15 bits per heavy atom. The van der Waals surface area contributed by atoms with Gasteiger partial charge >= 0.3 is 17.9 Å². The van der Waals surface area contributed by atoms with Crippen LogP contribution in [0.5, 0.6) is 0 Å². The number of allylic oxidation sites excluding steroid dienone is 14. The van der Waals surface area contributed by atoms with Crippen molar-refractivity contribution >= 4 is 17.9 Å². The fourth-order valence-corrected chi connectivity index (χ4v) is 7.32. The van der Waals surface area contributed by atoms with Crippen LogP contribution in [0.15, 0.2) is 85.1 Å². The summed E-state index contributed by atoms with van der Waals surface area (Å²) in [6, 6.07) is 0. The largest absolute Gasteiger partial charge is 0.462 e. The Labute approximate surface area is 401 Å². The number of esters is 3. The third-order valence-corrected chi connectivity index (χ3v) is 11.4. The first kappa shape index (κ1) is 61.6. The minimum atomic E-state index is -0.807. The Hall–Kier alpha value is -3.41. The number of hydrogen-bond acceptors (Lipinski definition) is 6. The van der Waals surface area contributed by atoms with Crippen LogP contribution in [0.2, 0.25) is 0 Å². The van der Waals surface area contributed by atoms with Crippen LogP contribution in [-0.2, 0) is 28.6 Å². The van der Waals surface area contributed by atoms with E-state index in [2.05, 4.69) is 99.8 Å². The summed E-state index contributed by atoms with van der Waals surface area (Å²) in [5, 5.41) is 0. The van der Waals surface area contributed by atoms with Gasteiger partial charge in [0.15, 0.2) is 6.10 Å². The van der Waals surface area contributed by atoms with Gasteiger partial charge in [-0.15, -0.1) is 0 Å². The van der Waals surface area contributed by atoms with Crippen molar-refractivity contribution in [3.05, 3.63) is 85.1 Å². The van der Waals surface area contributed by atoms with E-state index in [9.17, 15) is 14.4 Å². The second-order valence-corrected chi connectivity index (χ2v) is 17.8. The van der Waals surface area contributed by atoms with Crippen LogP contribution in [0, 0.1) is 0 Å². The van der Waals surface area contributed by atoms with Gasteiger partial charge in [0.05, 0.1) is 0 Å². The van der Waals surface area contributed by atoms with Gasteiger partial charge < -0.3 is 14.2 Å². The summed E-state index contributed by atoms with van der Waals surface area (Å²) in [4.78, 5) is 38.0. The van der Waals surface area contributed by atoms with Crippen LogP contribution in [0.1, 0.15) is 252 Å². The van der Waals surface area contributed by atoms with E-state index < -0.39 is 6.10 Å². The zero-order chi connectivity index (χ0) is 47.2. The van der Waals surface area contributed by atoms with Crippen molar-refractivity contribution in [2.75, 3.05) is 13.2 Å². The van der Waals surface area contributed by atoms with Crippen LogP contribution in [0.3, 0.4) is 0 Å². The number of carbonyl (C=O) groups excluding carboxylic acids is 3. The normalized spacial score (nSPS) is 12.7. The number of unbranched alkanes of at least 4 members (excludes halogenated alkanes) is 24. The highest BCUT2D eigenvalue weighted by Crippen LogP contribution is 2.14. The lowest BCUT2D eigenvalue weighted by atomic mass is 10.1. The molecule has 0 aromatic heterocycles. The van der Waals surface area contributed by atoms with E-state index in [4.69, 9.17) is 14.2 Å². The molecule has 0 fully saturated rings. The molecule has 1 unspecified atom stereocenters. The molecule has 0 N–H and O–H groups in total. The van der Waals surface area contributed by atoms with Gasteiger partial charge in [-0.25, -0.2) is 0 Å². The third kappa shape index (κ3) is 51.4. The molecule has 0 aromatic carbocycles. The van der Waals surface area contributed by atoms with E-state index in [0.29, 0.717) is 19.3 Å². The van der Waals surface area contributed by atoms with Gasteiger partial charge in [-0.3, -0.25) is 14.4 Å². The number of rotatable bonds is 48. The third-order valence-electron chi connectivity index (χ3n) is 11.4. The maximum Gasteiger partial charge on any atom is 0.306 e. The molecule has 0 aliphatic carbocycles. The van der Waals surface area contributed by atoms with Crippen molar-refractivity contribution < 1.29 is 28.6 Å². The predicted octanol–water partition coefficient (Wildman–Crippen LogP) is 18.0. The Bertz CT molecular complexity index is 1270. The second-order valence-electron chi connectivity index (χ2n) is 17.8. The molecule has 0 saturated carbocycles. The molecule has 0 aliphatic rings. The summed E-state index contributed by atoms with van der Waals surface area (Å²) in [6.07, 6.45) is 68.6. The molecule has 0 saturated heterocycles. The first-order chi connectivity index (χ1) is 32.0. The van der Waals surface area contributed by atoms with Gasteiger partial charge in [-0.1, -0.05) is 221 Å². The zero-order valence-electron chi connectivity index (χ0n) is 42.5. The smallest absolute Gasteiger partial charge is 0.306 e. The molecule has 0 amide bonds. The van der Waals surface area contributed by atoms with E-state index in [1.165, 1.54) is 122 Å². The van der Waals surface area contributed by atoms with Crippen molar-refractivity contribution in [3.8, 4) is 0 Å². The van der Waals surface area contributed by atoms with Crippen LogP contribution in [0.25, 0.3) is 0 Å². The molecule has 372 valence electrons. The standard InChI is InChI=1S/C59H100O6/c1-4-7-10-13-16-19-22-25-27-28-29-30-32-34-37-40-43-46-49-52-58(61)64-55-56(54-63-57(60)51-48-45-42-39-36-33-24-21-18-15-12-9-6-3)65-59(62)53-50-47-44-41-38-35-31-26-23-20-17-14-11-8-5-2/h7,10,16-17,19-20,23,25-27,33,36,42,45,56H,4-6,8-9,11-15,18,21-22,24,28-32,34-35,37-41,43-44,46-55H2,1-3H3/b10-7+,19-16+,20-17+,26-23+,27-25+,36-33+,45-42+. The highest BCUT2D eigenvalue weighted by atomic mass is 16.6. The van der Waals surface area contributed by atoms with Crippen molar-refractivity contribution in [3.63, 3.8) is 0 Å². The minimum absolute atomic E-state index is 0.101. The summed E-state index contributed by atoms with van der Waals surface area (Å²) in [7, 11) is 0. The van der Waals surface area contributed by atoms with Crippen LogP contribution < -0.4 is 0 Å². The highest BCUT2D eigenvalue weighted by Gasteiger charge is 2.19. The lowest BCUT2D eigenvalue weighted by Gasteiger charge is -2.18. The lowest BCUT2D eigenvalue weighted by Crippen LogP contribution is -2.30. The Balaban J connectivity index is 4.44. The number of carbonyl (C=O) groups is 3. The predicted molar refractivity (Wildman–Crippen MR) is 279 cm³/mol. The van der Waals surface area contributed by atoms with E-state index in [0.717, 1.165) is 83.5 Å². The van der Waals surface area contributed by atoms with Gasteiger partial charge in [0, 0.05) is 19.3 Å². The molecule has 6 heteroatoms. The molecule has 0 aromatic rings. The Kier molecular flexibility index (Phi) is 50.4. The van der Waals surface area contributed by atoms with Gasteiger partial charge in [-0.2, -0.15) is 0 Å². The molecule has 0 radical (unpaired) electrons. The van der Waals surface area contributed by atoms with Crippen LogP contribution >= 0.6 is 0 Å². The summed E-state index contributed by atoms with van der Waals surface area (Å²) < 4.78 is 16.8. The molecule has 0 spiro atoms. The average molecular weight is 905 g/mol. The van der Waals surface area contributed by atoms with Crippen molar-refractivity contribution in [1.82, 2.24) is 0 Å². The molecule has 65 heavy (non-hydrogen) atoms. The first-order valence-corrected chi connectivity index (χ1v) is 27.1. The molecule has 0 bridgehead atoms. The average Bonchev–Trinajstić information content (AvgIpc) is 3.30. The van der Waals surface area contributed by atoms with Gasteiger partial charge in [-0.05, 0) is 96.3 Å². The SMILES string of the molecule is CC/C=C/C/C=C/C/C=C/CCCCCCCCCCCC(=O)OCC(COC(=O)CC/C=C/C/C=C/CCCCCCCC)OC(=O)CCCCCCCC/C=C/C=C/CCCCC. The van der Waals surface area contributed by atoms with Gasteiger partial charge in [0.1, 0.15) is 13.2 Å². The second kappa shape index (κ2) is 53.2. The Morgan fingerprint density at radius 1 is 0.338 bits per heavy atom. The van der Waals surface area contributed by atoms with Gasteiger partial charge in [0.25, 0.3) is 0 Å². The molecule has 6 nitrogen and oxygen atoms in total. The fourth-order valence-electron chi connectivity index (χ4n) is 7.32. The molecule has 0 heterocycles. The number of hydrogen-bond donors (Lipinski definition) is 0. The summed E-state index contributed by atoms with van der Waals surface area (Å²) in [5.74, 6) is -0.987. The van der Waals surface area contributed by atoms with Crippen LogP contribution in [-0.4, -0.2) is 37.2 Å². The van der Waals surface area contributed by atoms with Crippen molar-refractivity contribution in [2.45, 2.75) is 258 Å². The fraction of sp³-hybridized carbons (Fsp3) is 0.712. The van der Waals surface area contributed by atoms with E-state index in [1.807, 2.05) is 6.08 Å². The van der Waals surface area contributed by atoms with Gasteiger partial charge in [0.2, 0.25) is 0 Å². The lowest BCUT2D eigenvalue weighted by molar-refractivity contribution is -0.166. The quantitative estimate of drug-likeness (QED) is 0.0199. The van der Waals surface area contributed by atoms with Crippen molar-refractivity contribution in [1.29, 1.82) is 0 Å².